The van der Waals surface area contributed by atoms with Crippen molar-refractivity contribution in [3.05, 3.63) is 22.2 Å². The van der Waals surface area contributed by atoms with E-state index in [4.69, 9.17) is 5.26 Å². The first-order valence-corrected chi connectivity index (χ1v) is 6.70. The molecule has 1 aromatic heterocycles. The summed E-state index contributed by atoms with van der Waals surface area (Å²) in [5.41, 5.74) is 0.801. The van der Waals surface area contributed by atoms with Crippen molar-refractivity contribution in [2.24, 2.45) is 0 Å². The molecule has 0 saturated carbocycles. The third-order valence-electron chi connectivity index (χ3n) is 2.40. The van der Waals surface area contributed by atoms with E-state index >= 15 is 0 Å². The van der Waals surface area contributed by atoms with Crippen molar-refractivity contribution < 1.29 is 4.79 Å². The second-order valence-corrected chi connectivity index (χ2v) is 5.22. The highest BCUT2D eigenvalue weighted by atomic mass is 32.1. The van der Waals surface area contributed by atoms with Crippen LogP contribution in [0.4, 0.5) is 0 Å². The largest absolute Gasteiger partial charge is 0.336 e. The zero-order chi connectivity index (χ0) is 13.5. The number of amides is 1. The number of nitriles is 1. The normalized spacial score (nSPS) is 10.8. The van der Waals surface area contributed by atoms with Crippen LogP contribution in [-0.2, 0) is 4.79 Å². The van der Waals surface area contributed by atoms with Crippen LogP contribution in [0, 0.1) is 18.3 Å². The van der Waals surface area contributed by atoms with Crippen LogP contribution in [0.2, 0.25) is 0 Å². The van der Waals surface area contributed by atoms with Gasteiger partial charge in [-0.05, 0) is 26.8 Å². The lowest BCUT2D eigenvalue weighted by Gasteiger charge is -2.24. The summed E-state index contributed by atoms with van der Waals surface area (Å²) in [4.78, 5) is 17.9. The zero-order valence-electron chi connectivity index (χ0n) is 10.9. The van der Waals surface area contributed by atoms with E-state index in [2.05, 4.69) is 11.1 Å². The highest BCUT2D eigenvalue weighted by molar-refractivity contribution is 7.09. The molecule has 0 aliphatic rings. The summed E-state index contributed by atoms with van der Waals surface area (Å²) < 4.78 is 0. The standard InChI is InChI=1S/C13H17N3OS/c1-10(2)16(8-4-7-14)13(17)6-5-12-9-18-11(3)15-12/h5-6,9-10H,4,8H2,1-3H3/b6-5-. The maximum Gasteiger partial charge on any atom is 0.246 e. The third-order valence-corrected chi connectivity index (χ3v) is 3.20. The van der Waals surface area contributed by atoms with Crippen molar-refractivity contribution in [3.8, 4) is 6.07 Å². The van der Waals surface area contributed by atoms with Crippen LogP contribution < -0.4 is 0 Å². The van der Waals surface area contributed by atoms with Gasteiger partial charge in [0.25, 0.3) is 0 Å². The maximum atomic E-state index is 12.0. The molecule has 4 nitrogen and oxygen atoms in total. The molecule has 0 fully saturated rings. The van der Waals surface area contributed by atoms with E-state index in [0.29, 0.717) is 13.0 Å². The first kappa shape index (κ1) is 14.4. The summed E-state index contributed by atoms with van der Waals surface area (Å²) >= 11 is 1.55. The Morgan fingerprint density at radius 1 is 1.67 bits per heavy atom. The Bertz CT molecular complexity index is 471. The molecule has 1 aromatic rings. The molecule has 0 unspecified atom stereocenters. The van der Waals surface area contributed by atoms with Crippen molar-refractivity contribution >= 4 is 23.3 Å². The lowest BCUT2D eigenvalue weighted by molar-refractivity contribution is -0.127. The topological polar surface area (TPSA) is 57.0 Å². The molecular weight excluding hydrogens is 246 g/mol. The maximum absolute atomic E-state index is 12.0. The van der Waals surface area contributed by atoms with Crippen LogP contribution in [-0.4, -0.2) is 28.4 Å². The van der Waals surface area contributed by atoms with Crippen LogP contribution in [0.1, 0.15) is 31.0 Å². The summed E-state index contributed by atoms with van der Waals surface area (Å²) in [5.74, 6) is -0.0779. The lowest BCUT2D eigenvalue weighted by Crippen LogP contribution is -2.36. The number of carbonyl (C=O) groups is 1. The van der Waals surface area contributed by atoms with Gasteiger partial charge in [-0.1, -0.05) is 0 Å². The number of aryl methyl sites for hydroxylation is 1. The van der Waals surface area contributed by atoms with E-state index in [0.717, 1.165) is 10.7 Å². The minimum atomic E-state index is -0.0779. The molecular formula is C13H17N3OS. The van der Waals surface area contributed by atoms with E-state index in [1.807, 2.05) is 26.2 Å². The first-order valence-electron chi connectivity index (χ1n) is 5.82. The van der Waals surface area contributed by atoms with Gasteiger partial charge in [-0.15, -0.1) is 11.3 Å². The van der Waals surface area contributed by atoms with Gasteiger partial charge in [0.1, 0.15) is 0 Å². The predicted octanol–water partition coefficient (Wildman–Crippen LogP) is 2.62. The van der Waals surface area contributed by atoms with Crippen LogP contribution in [0.15, 0.2) is 11.5 Å². The van der Waals surface area contributed by atoms with Gasteiger partial charge in [0.2, 0.25) is 5.91 Å². The highest BCUT2D eigenvalue weighted by Gasteiger charge is 2.13. The number of aromatic nitrogens is 1. The van der Waals surface area contributed by atoms with Crippen molar-refractivity contribution in [2.45, 2.75) is 33.2 Å². The van der Waals surface area contributed by atoms with Crippen molar-refractivity contribution in [1.82, 2.24) is 9.88 Å². The molecule has 0 N–H and O–H groups in total. The Morgan fingerprint density at radius 2 is 2.39 bits per heavy atom. The van der Waals surface area contributed by atoms with Gasteiger partial charge in [0, 0.05) is 24.0 Å². The van der Waals surface area contributed by atoms with Gasteiger partial charge in [0.15, 0.2) is 0 Å². The molecule has 0 saturated heterocycles. The molecule has 1 heterocycles. The average molecular weight is 263 g/mol. The molecule has 1 amide bonds. The fraction of sp³-hybridized carbons (Fsp3) is 0.462. The molecule has 1 rings (SSSR count). The molecule has 0 aliphatic heterocycles. The smallest absolute Gasteiger partial charge is 0.246 e. The minimum absolute atomic E-state index is 0.0779. The summed E-state index contributed by atoms with van der Waals surface area (Å²) in [5, 5.41) is 11.5. The van der Waals surface area contributed by atoms with E-state index in [-0.39, 0.29) is 11.9 Å². The van der Waals surface area contributed by atoms with E-state index in [1.165, 1.54) is 6.08 Å². The van der Waals surface area contributed by atoms with Gasteiger partial charge in [-0.25, -0.2) is 4.98 Å². The number of rotatable bonds is 5. The number of hydrogen-bond donors (Lipinski definition) is 0. The molecule has 18 heavy (non-hydrogen) atoms. The Morgan fingerprint density at radius 3 is 2.89 bits per heavy atom. The van der Waals surface area contributed by atoms with Gasteiger partial charge in [-0.3, -0.25) is 4.79 Å². The van der Waals surface area contributed by atoms with Gasteiger partial charge in [-0.2, -0.15) is 5.26 Å². The number of hydrogen-bond acceptors (Lipinski definition) is 4. The summed E-state index contributed by atoms with van der Waals surface area (Å²) in [7, 11) is 0. The first-order chi connectivity index (χ1) is 8.54. The summed E-state index contributed by atoms with van der Waals surface area (Å²) in [6.45, 7) is 6.27. The fourth-order valence-electron chi connectivity index (χ4n) is 1.50. The lowest BCUT2D eigenvalue weighted by atomic mass is 10.2. The summed E-state index contributed by atoms with van der Waals surface area (Å²) in [6, 6.07) is 2.15. The van der Waals surface area contributed by atoms with E-state index in [1.54, 1.807) is 22.3 Å². The average Bonchev–Trinajstić information content (AvgIpc) is 2.72. The molecule has 0 radical (unpaired) electrons. The molecule has 0 bridgehead atoms. The Kier molecular flexibility index (Phi) is 5.53. The van der Waals surface area contributed by atoms with Crippen molar-refractivity contribution in [1.29, 1.82) is 5.26 Å². The number of nitrogens with zero attached hydrogens (tertiary/aromatic N) is 3. The summed E-state index contributed by atoms with van der Waals surface area (Å²) in [6.07, 6.45) is 3.59. The minimum Gasteiger partial charge on any atom is -0.336 e. The van der Waals surface area contributed by atoms with E-state index in [9.17, 15) is 4.79 Å². The SMILES string of the molecule is Cc1nc(/C=C\C(=O)N(CCC#N)C(C)C)cs1. The Hall–Kier alpha value is -1.67. The molecule has 0 spiro atoms. The Labute approximate surface area is 112 Å². The Balaban J connectivity index is 2.67. The third kappa shape index (κ3) is 4.30. The molecule has 5 heteroatoms. The van der Waals surface area contributed by atoms with Crippen LogP contribution >= 0.6 is 11.3 Å². The van der Waals surface area contributed by atoms with Crippen molar-refractivity contribution in [2.75, 3.05) is 6.54 Å². The van der Waals surface area contributed by atoms with E-state index < -0.39 is 0 Å². The van der Waals surface area contributed by atoms with Gasteiger partial charge < -0.3 is 4.90 Å². The zero-order valence-corrected chi connectivity index (χ0v) is 11.7. The number of carbonyl (C=O) groups excluding carboxylic acids is 1. The molecule has 0 aromatic carbocycles. The molecule has 0 atom stereocenters. The monoisotopic (exact) mass is 263 g/mol. The van der Waals surface area contributed by atoms with Crippen LogP contribution in [0.25, 0.3) is 6.08 Å². The molecule has 0 aliphatic carbocycles. The second-order valence-electron chi connectivity index (χ2n) is 4.16. The van der Waals surface area contributed by atoms with Gasteiger partial charge in [0.05, 0.1) is 23.2 Å². The number of thiazole rings is 1. The highest BCUT2D eigenvalue weighted by Crippen LogP contribution is 2.10. The van der Waals surface area contributed by atoms with Crippen LogP contribution in [0.5, 0.6) is 0 Å². The molecule has 96 valence electrons. The van der Waals surface area contributed by atoms with Crippen molar-refractivity contribution in [3.63, 3.8) is 0 Å². The predicted molar refractivity (Wildman–Crippen MR) is 73.0 cm³/mol. The fourth-order valence-corrected chi connectivity index (χ4v) is 2.08. The van der Waals surface area contributed by atoms with Crippen LogP contribution in [0.3, 0.4) is 0 Å². The quantitative estimate of drug-likeness (QED) is 0.767. The van der Waals surface area contributed by atoms with Gasteiger partial charge >= 0.3 is 0 Å². The second kappa shape index (κ2) is 6.92.